The van der Waals surface area contributed by atoms with Crippen molar-refractivity contribution < 1.29 is 26.3 Å². The Balaban J connectivity index is 1.89. The fourth-order valence-electron chi connectivity index (χ4n) is 2.82. The summed E-state index contributed by atoms with van der Waals surface area (Å²) in [6, 6.07) is 10.3. The van der Waals surface area contributed by atoms with Crippen molar-refractivity contribution in [3.05, 3.63) is 66.7 Å². The Kier molecular flexibility index (Phi) is 8.97. The third kappa shape index (κ3) is 7.76. The second-order valence-corrected chi connectivity index (χ2v) is 8.95. The van der Waals surface area contributed by atoms with Crippen LogP contribution in [0.15, 0.2) is 61.2 Å². The number of likely N-dealkylation sites (N-methyl/N-ethyl adjacent to an activating group) is 1. The summed E-state index contributed by atoms with van der Waals surface area (Å²) in [6.07, 6.45) is -0.762. The number of ether oxygens (including phenoxy) is 1. The van der Waals surface area contributed by atoms with E-state index in [0.29, 0.717) is 18.0 Å². The Morgan fingerprint density at radius 1 is 1.03 bits per heavy atom. The molecular formula is C22H28F3N3O3S. The molecule has 0 radical (unpaired) electrons. The van der Waals surface area contributed by atoms with Crippen LogP contribution in [0.25, 0.3) is 0 Å². The molecule has 0 atom stereocenters. The molecule has 2 rings (SSSR count). The van der Waals surface area contributed by atoms with Crippen LogP contribution >= 0.6 is 0 Å². The molecule has 0 aliphatic carbocycles. The molecule has 0 saturated heterocycles. The van der Waals surface area contributed by atoms with E-state index in [2.05, 4.69) is 16.2 Å². The van der Waals surface area contributed by atoms with E-state index < -0.39 is 21.9 Å². The fraction of sp³-hybridized carbons (Fsp3) is 0.364. The third-order valence-electron chi connectivity index (χ3n) is 4.66. The summed E-state index contributed by atoms with van der Waals surface area (Å²) in [4.78, 5) is 2.16. The van der Waals surface area contributed by atoms with Gasteiger partial charge in [-0.3, -0.25) is 9.03 Å². The molecule has 0 unspecified atom stereocenters. The molecule has 10 heteroatoms. The summed E-state index contributed by atoms with van der Waals surface area (Å²) in [5, 5.41) is 0. The molecule has 0 fully saturated rings. The average Bonchev–Trinajstić information content (AvgIpc) is 2.73. The van der Waals surface area contributed by atoms with Crippen LogP contribution in [0.3, 0.4) is 0 Å². The number of unbranched alkanes of at least 4 members (excludes halogenated alkanes) is 1. The second kappa shape index (κ2) is 11.2. The lowest BCUT2D eigenvalue weighted by molar-refractivity contribution is -0.137. The number of rotatable bonds is 12. The zero-order valence-electron chi connectivity index (χ0n) is 18.1. The summed E-state index contributed by atoms with van der Waals surface area (Å²) in [7, 11) is -0.640. The highest BCUT2D eigenvalue weighted by molar-refractivity contribution is 7.94. The van der Waals surface area contributed by atoms with E-state index >= 15 is 0 Å². The largest absolute Gasteiger partial charge is 0.494 e. The van der Waals surface area contributed by atoms with Gasteiger partial charge in [0.15, 0.2) is 0 Å². The van der Waals surface area contributed by atoms with Gasteiger partial charge in [0.25, 0.3) is 0 Å². The van der Waals surface area contributed by atoms with Gasteiger partial charge in [0.2, 0.25) is 0 Å². The van der Waals surface area contributed by atoms with Crippen LogP contribution in [0.1, 0.15) is 18.4 Å². The van der Waals surface area contributed by atoms with Gasteiger partial charge in [-0.05, 0) is 75.0 Å². The molecule has 1 N–H and O–H groups in total. The highest BCUT2D eigenvalue weighted by atomic mass is 32.2. The molecule has 2 aromatic carbocycles. The van der Waals surface area contributed by atoms with E-state index in [9.17, 15) is 21.6 Å². The standard InChI is InChI=1S/C22H28F3N3O3S/c1-4-15-27(2)16-5-6-17-31-21-13-11-20(12-14-21)28(3)32(29,30)26-19-9-7-18(8-10-19)22(23,24)25/h4,7-14,26H,1,5-6,15-17H2,2-3H3. The van der Waals surface area contributed by atoms with E-state index in [0.717, 1.165) is 54.5 Å². The van der Waals surface area contributed by atoms with Gasteiger partial charge >= 0.3 is 16.4 Å². The number of anilines is 2. The molecule has 0 aliphatic rings. The maximum Gasteiger partial charge on any atom is 0.416 e. The number of nitrogens with one attached hydrogen (secondary N) is 1. The van der Waals surface area contributed by atoms with Crippen LogP contribution in [-0.2, 0) is 16.4 Å². The number of alkyl halides is 3. The summed E-state index contributed by atoms with van der Waals surface area (Å²) in [5.41, 5.74) is -0.445. The first-order valence-corrected chi connectivity index (χ1v) is 11.4. The molecule has 32 heavy (non-hydrogen) atoms. The van der Waals surface area contributed by atoms with Crippen LogP contribution in [0, 0.1) is 0 Å². The highest BCUT2D eigenvalue weighted by Crippen LogP contribution is 2.30. The molecule has 0 aromatic heterocycles. The Labute approximate surface area is 187 Å². The monoisotopic (exact) mass is 471 g/mol. The molecule has 0 bridgehead atoms. The zero-order valence-corrected chi connectivity index (χ0v) is 18.9. The lowest BCUT2D eigenvalue weighted by atomic mass is 10.2. The van der Waals surface area contributed by atoms with Gasteiger partial charge in [-0.25, -0.2) is 0 Å². The molecule has 0 heterocycles. The smallest absolute Gasteiger partial charge is 0.416 e. The van der Waals surface area contributed by atoms with Crippen LogP contribution in [-0.4, -0.2) is 47.1 Å². The lowest BCUT2D eigenvalue weighted by Gasteiger charge is -2.21. The molecule has 0 saturated carbocycles. The van der Waals surface area contributed by atoms with Crippen molar-refractivity contribution in [2.75, 3.05) is 42.8 Å². The summed E-state index contributed by atoms with van der Waals surface area (Å²) >= 11 is 0. The summed E-state index contributed by atoms with van der Waals surface area (Å²) < 4.78 is 72.0. The van der Waals surface area contributed by atoms with Gasteiger partial charge in [-0.15, -0.1) is 6.58 Å². The minimum atomic E-state index is -4.49. The van der Waals surface area contributed by atoms with Crippen LogP contribution < -0.4 is 13.8 Å². The molecule has 0 aliphatic heterocycles. The predicted molar refractivity (Wildman–Crippen MR) is 121 cm³/mol. The van der Waals surface area contributed by atoms with Crippen molar-refractivity contribution in [2.24, 2.45) is 0 Å². The number of nitrogens with zero attached hydrogens (tertiary/aromatic N) is 2. The zero-order chi connectivity index (χ0) is 23.8. The van der Waals surface area contributed by atoms with Crippen molar-refractivity contribution in [2.45, 2.75) is 19.0 Å². The maximum absolute atomic E-state index is 12.7. The molecular weight excluding hydrogens is 443 g/mol. The fourth-order valence-corrected chi connectivity index (χ4v) is 3.79. The molecule has 176 valence electrons. The summed E-state index contributed by atoms with van der Waals surface area (Å²) in [5.74, 6) is 0.620. The molecule has 0 amide bonds. The molecule has 0 spiro atoms. The Hall–Kier alpha value is -2.72. The van der Waals surface area contributed by atoms with Gasteiger partial charge in [-0.1, -0.05) is 6.08 Å². The normalized spacial score (nSPS) is 11.9. The molecule has 2 aromatic rings. The van der Waals surface area contributed by atoms with Crippen LogP contribution in [0.2, 0.25) is 0 Å². The topological polar surface area (TPSA) is 61.9 Å². The highest BCUT2D eigenvalue weighted by Gasteiger charge is 2.30. The number of hydrogen-bond donors (Lipinski definition) is 1. The Morgan fingerprint density at radius 3 is 2.22 bits per heavy atom. The molecule has 6 nitrogen and oxygen atoms in total. The van der Waals surface area contributed by atoms with Crippen molar-refractivity contribution in [1.29, 1.82) is 0 Å². The van der Waals surface area contributed by atoms with Gasteiger partial charge in [0.05, 0.1) is 23.5 Å². The van der Waals surface area contributed by atoms with Gasteiger partial charge in [0, 0.05) is 13.6 Å². The first-order chi connectivity index (χ1) is 15.0. The van der Waals surface area contributed by atoms with Gasteiger partial charge in [0.1, 0.15) is 5.75 Å². The number of hydrogen-bond acceptors (Lipinski definition) is 4. The number of halogens is 3. The predicted octanol–water partition coefficient (Wildman–Crippen LogP) is 4.78. The number of benzene rings is 2. The quantitative estimate of drug-likeness (QED) is 0.358. The minimum absolute atomic E-state index is 0.0311. The second-order valence-electron chi connectivity index (χ2n) is 7.25. The van der Waals surface area contributed by atoms with Crippen LogP contribution in [0.5, 0.6) is 5.75 Å². The van der Waals surface area contributed by atoms with Gasteiger partial charge < -0.3 is 9.64 Å². The minimum Gasteiger partial charge on any atom is -0.494 e. The van der Waals surface area contributed by atoms with E-state index in [-0.39, 0.29) is 5.69 Å². The average molecular weight is 472 g/mol. The third-order valence-corrected chi connectivity index (χ3v) is 6.09. The van der Waals surface area contributed by atoms with Crippen LogP contribution in [0.4, 0.5) is 24.5 Å². The maximum atomic E-state index is 12.7. The summed E-state index contributed by atoms with van der Waals surface area (Å²) in [6.45, 7) is 6.04. The van der Waals surface area contributed by atoms with Crippen molar-refractivity contribution in [3.8, 4) is 5.75 Å². The van der Waals surface area contributed by atoms with Gasteiger partial charge in [-0.2, -0.15) is 21.6 Å². The van der Waals surface area contributed by atoms with E-state index in [1.54, 1.807) is 24.3 Å². The van der Waals surface area contributed by atoms with Crippen molar-refractivity contribution >= 4 is 21.6 Å². The lowest BCUT2D eigenvalue weighted by Crippen LogP contribution is -2.32. The Bertz CT molecular complexity index is 963. The van der Waals surface area contributed by atoms with E-state index in [1.807, 2.05) is 13.1 Å². The van der Waals surface area contributed by atoms with Crippen molar-refractivity contribution in [1.82, 2.24) is 4.90 Å². The van der Waals surface area contributed by atoms with E-state index in [4.69, 9.17) is 4.74 Å². The van der Waals surface area contributed by atoms with E-state index in [1.165, 1.54) is 7.05 Å². The first-order valence-electron chi connectivity index (χ1n) is 9.99. The Morgan fingerprint density at radius 2 is 1.66 bits per heavy atom. The first kappa shape index (κ1) is 25.5. The SMILES string of the molecule is C=CCN(C)CCCCOc1ccc(N(C)S(=O)(=O)Nc2ccc(C(F)(F)F)cc2)cc1. The van der Waals surface area contributed by atoms with Crippen molar-refractivity contribution in [3.63, 3.8) is 0 Å².